The number of rotatable bonds is 10. The summed E-state index contributed by atoms with van der Waals surface area (Å²) in [5, 5.41) is 9.81. The van der Waals surface area contributed by atoms with E-state index in [1.165, 1.54) is 25.0 Å². The van der Waals surface area contributed by atoms with Crippen LogP contribution in [-0.2, 0) is 17.6 Å². The molecule has 1 atom stereocenters. The van der Waals surface area contributed by atoms with Gasteiger partial charge in [-0.15, -0.1) is 0 Å². The van der Waals surface area contributed by atoms with Crippen molar-refractivity contribution < 1.29 is 9.18 Å². The van der Waals surface area contributed by atoms with Crippen LogP contribution in [-0.4, -0.2) is 34.5 Å². The van der Waals surface area contributed by atoms with Crippen LogP contribution in [0.4, 0.5) is 16.2 Å². The van der Waals surface area contributed by atoms with Gasteiger partial charge in [0.1, 0.15) is 17.7 Å². The van der Waals surface area contributed by atoms with Crippen LogP contribution in [0.15, 0.2) is 60.7 Å². The molecule has 4 rings (SSSR count). The quantitative estimate of drug-likeness (QED) is 0.409. The van der Waals surface area contributed by atoms with E-state index in [9.17, 15) is 9.18 Å². The van der Waals surface area contributed by atoms with Crippen molar-refractivity contribution in [2.75, 3.05) is 17.2 Å². The highest BCUT2D eigenvalue weighted by Gasteiger charge is 2.24. The molecule has 1 fully saturated rings. The molecule has 3 N–H and O–H groups in total. The molecule has 1 aliphatic rings. The van der Waals surface area contributed by atoms with Gasteiger partial charge in [-0.2, -0.15) is 4.98 Å². The number of anilines is 2. The number of aromatic nitrogens is 2. The molecule has 0 bridgehead atoms. The van der Waals surface area contributed by atoms with Gasteiger partial charge in [0.2, 0.25) is 11.9 Å². The number of aryl methyl sites for hydroxylation is 1. The topological polar surface area (TPSA) is 78.9 Å². The number of benzene rings is 2. The fourth-order valence-electron chi connectivity index (χ4n) is 4.30. The second-order valence-electron chi connectivity index (χ2n) is 8.90. The molecule has 1 aliphatic carbocycles. The van der Waals surface area contributed by atoms with E-state index in [4.69, 9.17) is 0 Å². The molecule has 7 heteroatoms. The minimum Gasteiger partial charge on any atom is -0.358 e. The summed E-state index contributed by atoms with van der Waals surface area (Å²) in [6.45, 7) is 2.52. The molecule has 178 valence electrons. The third-order valence-corrected chi connectivity index (χ3v) is 6.09. The Morgan fingerprint density at radius 3 is 2.50 bits per heavy atom. The Labute approximate surface area is 200 Å². The Balaban J connectivity index is 1.43. The van der Waals surface area contributed by atoms with Crippen LogP contribution in [0.5, 0.6) is 0 Å². The molecule has 1 heterocycles. The predicted molar refractivity (Wildman–Crippen MR) is 133 cm³/mol. The van der Waals surface area contributed by atoms with Crippen LogP contribution in [0.25, 0.3) is 0 Å². The van der Waals surface area contributed by atoms with Crippen molar-refractivity contribution in [3.05, 3.63) is 83.3 Å². The van der Waals surface area contributed by atoms with Crippen LogP contribution in [0.1, 0.15) is 42.5 Å². The van der Waals surface area contributed by atoms with E-state index in [2.05, 4.69) is 25.9 Å². The lowest BCUT2D eigenvalue weighted by atomic mass is 10.0. The second kappa shape index (κ2) is 11.6. The van der Waals surface area contributed by atoms with Crippen molar-refractivity contribution in [2.45, 2.75) is 57.5 Å². The molecule has 6 nitrogen and oxygen atoms in total. The maximum Gasteiger partial charge on any atom is 0.243 e. The van der Waals surface area contributed by atoms with Crippen LogP contribution in [0, 0.1) is 12.7 Å². The lowest BCUT2D eigenvalue weighted by Gasteiger charge is -2.22. The summed E-state index contributed by atoms with van der Waals surface area (Å²) in [5.41, 5.74) is 2.92. The van der Waals surface area contributed by atoms with Gasteiger partial charge in [0, 0.05) is 30.8 Å². The van der Waals surface area contributed by atoms with E-state index < -0.39 is 6.04 Å². The smallest absolute Gasteiger partial charge is 0.243 e. The van der Waals surface area contributed by atoms with Gasteiger partial charge in [-0.05, 0) is 49.4 Å². The highest BCUT2D eigenvalue weighted by atomic mass is 19.1. The zero-order chi connectivity index (χ0) is 23.8. The Hall–Kier alpha value is -3.48. The molecule has 2 aromatic carbocycles. The zero-order valence-electron chi connectivity index (χ0n) is 19.6. The molecular weight excluding hydrogens is 429 g/mol. The van der Waals surface area contributed by atoms with Gasteiger partial charge in [0.25, 0.3) is 0 Å². The van der Waals surface area contributed by atoms with Crippen LogP contribution in [0.3, 0.4) is 0 Å². The van der Waals surface area contributed by atoms with Crippen molar-refractivity contribution in [3.8, 4) is 0 Å². The first-order valence-corrected chi connectivity index (χ1v) is 12.0. The molecular formula is C27H32FN5O. The molecule has 1 amide bonds. The number of nitrogens with zero attached hydrogens (tertiary/aromatic N) is 2. The normalized spacial score (nSPS) is 14.5. The minimum atomic E-state index is -0.440. The Morgan fingerprint density at radius 2 is 1.76 bits per heavy atom. The Bertz CT molecular complexity index is 1070. The molecule has 0 aliphatic heterocycles. The van der Waals surface area contributed by atoms with Gasteiger partial charge in [-0.3, -0.25) is 4.79 Å². The Morgan fingerprint density at radius 1 is 1.03 bits per heavy atom. The third-order valence-electron chi connectivity index (χ3n) is 6.09. The van der Waals surface area contributed by atoms with Crippen molar-refractivity contribution in [3.63, 3.8) is 0 Å². The summed E-state index contributed by atoms with van der Waals surface area (Å²) in [6.07, 6.45) is 5.70. The number of carbonyl (C=O) groups excluding carboxylic acids is 1. The molecule has 0 spiro atoms. The van der Waals surface area contributed by atoms with E-state index >= 15 is 0 Å². The number of halogens is 1. The van der Waals surface area contributed by atoms with E-state index in [-0.39, 0.29) is 17.8 Å². The van der Waals surface area contributed by atoms with E-state index in [1.54, 1.807) is 12.1 Å². The van der Waals surface area contributed by atoms with Gasteiger partial charge in [0.05, 0.1) is 0 Å². The standard InChI is InChI=1S/C27H32FN5O/c1-19-17-25(33-27(30-19)29-16-15-20-11-13-22(28)14-12-20)32-24(18-21-7-3-2-4-8-21)26(34)31-23-9-5-6-10-23/h2-4,7-8,11-14,17,23-24H,5-6,9-10,15-16,18H2,1H3,(H,31,34)(H2,29,30,32,33)/t24-/m0/s1. The van der Waals surface area contributed by atoms with Gasteiger partial charge in [-0.25, -0.2) is 9.37 Å². The molecule has 3 aromatic rings. The lowest BCUT2D eigenvalue weighted by Crippen LogP contribution is -2.45. The van der Waals surface area contributed by atoms with Crippen molar-refractivity contribution in [1.29, 1.82) is 0 Å². The number of carbonyl (C=O) groups is 1. The first-order chi connectivity index (χ1) is 16.5. The van der Waals surface area contributed by atoms with E-state index in [0.29, 0.717) is 24.7 Å². The highest BCUT2D eigenvalue weighted by molar-refractivity contribution is 5.85. The summed E-state index contributed by atoms with van der Waals surface area (Å²) in [7, 11) is 0. The summed E-state index contributed by atoms with van der Waals surface area (Å²) < 4.78 is 13.1. The molecule has 0 unspecified atom stereocenters. The maximum absolute atomic E-state index is 13.2. The summed E-state index contributed by atoms with van der Waals surface area (Å²) >= 11 is 0. The molecule has 1 saturated carbocycles. The van der Waals surface area contributed by atoms with Gasteiger partial charge >= 0.3 is 0 Å². The Kier molecular flexibility index (Phi) is 8.07. The highest BCUT2D eigenvalue weighted by Crippen LogP contribution is 2.19. The van der Waals surface area contributed by atoms with Crippen molar-refractivity contribution in [1.82, 2.24) is 15.3 Å². The number of hydrogen-bond acceptors (Lipinski definition) is 5. The summed E-state index contributed by atoms with van der Waals surface area (Å²) in [5.74, 6) is 0.868. The summed E-state index contributed by atoms with van der Waals surface area (Å²) in [4.78, 5) is 22.2. The monoisotopic (exact) mass is 461 g/mol. The van der Waals surface area contributed by atoms with Gasteiger partial charge < -0.3 is 16.0 Å². The summed E-state index contributed by atoms with van der Waals surface area (Å²) in [6, 6.07) is 18.2. The van der Waals surface area contributed by atoms with E-state index in [1.807, 2.05) is 43.3 Å². The second-order valence-corrected chi connectivity index (χ2v) is 8.90. The zero-order valence-corrected chi connectivity index (χ0v) is 19.6. The maximum atomic E-state index is 13.2. The predicted octanol–water partition coefficient (Wildman–Crippen LogP) is 4.66. The van der Waals surface area contributed by atoms with Crippen molar-refractivity contribution in [2.24, 2.45) is 0 Å². The third kappa shape index (κ3) is 7.01. The molecule has 0 radical (unpaired) electrons. The largest absolute Gasteiger partial charge is 0.358 e. The average molecular weight is 462 g/mol. The fraction of sp³-hybridized carbons (Fsp3) is 0.370. The number of amides is 1. The van der Waals surface area contributed by atoms with Crippen LogP contribution < -0.4 is 16.0 Å². The first kappa shape index (κ1) is 23.7. The van der Waals surface area contributed by atoms with Gasteiger partial charge in [-0.1, -0.05) is 55.3 Å². The molecule has 34 heavy (non-hydrogen) atoms. The SMILES string of the molecule is Cc1cc(N[C@@H](Cc2ccccc2)C(=O)NC2CCCC2)nc(NCCc2ccc(F)cc2)n1. The average Bonchev–Trinajstić information content (AvgIpc) is 3.33. The van der Waals surface area contributed by atoms with Crippen molar-refractivity contribution >= 4 is 17.7 Å². The minimum absolute atomic E-state index is 0.00200. The lowest BCUT2D eigenvalue weighted by molar-refractivity contribution is -0.122. The number of nitrogens with one attached hydrogen (secondary N) is 3. The number of hydrogen-bond donors (Lipinski definition) is 3. The van der Waals surface area contributed by atoms with Crippen LogP contribution in [0.2, 0.25) is 0 Å². The molecule has 1 aromatic heterocycles. The fourth-order valence-corrected chi connectivity index (χ4v) is 4.30. The first-order valence-electron chi connectivity index (χ1n) is 12.0. The molecule has 0 saturated heterocycles. The van der Waals surface area contributed by atoms with E-state index in [0.717, 1.165) is 36.1 Å². The van der Waals surface area contributed by atoms with Crippen LogP contribution >= 0.6 is 0 Å². The van der Waals surface area contributed by atoms with Gasteiger partial charge in [0.15, 0.2) is 0 Å².